The minimum absolute atomic E-state index is 0.0366. The highest BCUT2D eigenvalue weighted by atomic mass is 35.5. The topological polar surface area (TPSA) is 30.0 Å². The molecule has 0 aliphatic heterocycles. The fraction of sp³-hybridized carbons (Fsp3) is 0.0909. The molecular formula is C11H7Cl2NOS. The molecular weight excluding hydrogens is 265 g/mol. The number of halogens is 2. The summed E-state index contributed by atoms with van der Waals surface area (Å²) in [6.45, 7) is 0. The molecule has 16 heavy (non-hydrogen) atoms. The predicted molar refractivity (Wildman–Crippen MR) is 66.6 cm³/mol. The summed E-state index contributed by atoms with van der Waals surface area (Å²) in [5, 5.41) is 2.80. The van der Waals surface area contributed by atoms with Gasteiger partial charge in [-0.2, -0.15) is 0 Å². The number of nitrogens with zero attached hydrogens (tertiary/aromatic N) is 1. The number of rotatable bonds is 3. The van der Waals surface area contributed by atoms with Crippen LogP contribution >= 0.6 is 34.5 Å². The Labute approximate surface area is 107 Å². The van der Waals surface area contributed by atoms with Crippen LogP contribution in [0.25, 0.3) is 0 Å². The Hall–Kier alpha value is -0.900. The minimum Gasteiger partial charge on any atom is -0.292 e. The Morgan fingerprint density at radius 2 is 2.19 bits per heavy atom. The van der Waals surface area contributed by atoms with Crippen molar-refractivity contribution >= 4 is 40.3 Å². The molecule has 0 saturated carbocycles. The van der Waals surface area contributed by atoms with E-state index in [-0.39, 0.29) is 12.2 Å². The van der Waals surface area contributed by atoms with Gasteiger partial charge in [0.25, 0.3) is 0 Å². The van der Waals surface area contributed by atoms with Gasteiger partial charge in [0.15, 0.2) is 5.78 Å². The summed E-state index contributed by atoms with van der Waals surface area (Å²) >= 11 is 13.2. The van der Waals surface area contributed by atoms with E-state index in [0.717, 1.165) is 5.56 Å². The molecule has 1 aromatic heterocycles. The summed E-state index contributed by atoms with van der Waals surface area (Å²) in [6, 6.07) is 5.11. The van der Waals surface area contributed by atoms with E-state index in [0.29, 0.717) is 15.7 Å². The van der Waals surface area contributed by atoms with E-state index >= 15 is 0 Å². The smallest absolute Gasteiger partial charge is 0.186 e. The molecule has 0 amide bonds. The number of hydrogen-bond acceptors (Lipinski definition) is 3. The largest absolute Gasteiger partial charge is 0.292 e. The lowest BCUT2D eigenvalue weighted by Gasteiger charge is -2.02. The predicted octanol–water partition coefficient (Wildman–Crippen LogP) is 3.88. The second kappa shape index (κ2) is 4.95. The number of hydrogen-bond donors (Lipinski definition) is 0. The summed E-state index contributed by atoms with van der Waals surface area (Å²) in [5.41, 5.74) is 2.89. The first-order valence-corrected chi connectivity index (χ1v) is 6.22. The van der Waals surface area contributed by atoms with Crippen molar-refractivity contribution in [3.05, 3.63) is 50.4 Å². The van der Waals surface area contributed by atoms with Crippen molar-refractivity contribution in [3.8, 4) is 0 Å². The maximum absolute atomic E-state index is 11.8. The van der Waals surface area contributed by atoms with E-state index in [1.165, 1.54) is 11.3 Å². The van der Waals surface area contributed by atoms with E-state index in [2.05, 4.69) is 4.98 Å². The maximum atomic E-state index is 11.8. The molecule has 1 aromatic carbocycles. The first-order valence-electron chi connectivity index (χ1n) is 4.52. The molecule has 0 bridgehead atoms. The normalized spacial score (nSPS) is 10.4. The molecule has 0 spiro atoms. The van der Waals surface area contributed by atoms with Crippen molar-refractivity contribution in [2.75, 3.05) is 0 Å². The van der Waals surface area contributed by atoms with Crippen LogP contribution in [0.15, 0.2) is 29.1 Å². The SMILES string of the molecule is O=C(Cc1ccc(Cl)cc1Cl)c1cscn1. The molecule has 0 aliphatic carbocycles. The van der Waals surface area contributed by atoms with Crippen LogP contribution in [0.3, 0.4) is 0 Å². The van der Waals surface area contributed by atoms with Gasteiger partial charge in [0.1, 0.15) is 5.69 Å². The monoisotopic (exact) mass is 271 g/mol. The van der Waals surface area contributed by atoms with Crippen molar-refractivity contribution in [1.82, 2.24) is 4.98 Å². The van der Waals surface area contributed by atoms with Crippen LogP contribution in [-0.4, -0.2) is 10.8 Å². The first kappa shape index (κ1) is 11.6. The average molecular weight is 272 g/mol. The van der Waals surface area contributed by atoms with Gasteiger partial charge in [0, 0.05) is 21.8 Å². The van der Waals surface area contributed by atoms with E-state index < -0.39 is 0 Å². The zero-order chi connectivity index (χ0) is 11.5. The van der Waals surface area contributed by atoms with Crippen LogP contribution in [0.1, 0.15) is 16.1 Å². The Morgan fingerprint density at radius 1 is 1.38 bits per heavy atom. The third-order valence-corrected chi connectivity index (χ3v) is 3.26. The molecule has 2 nitrogen and oxygen atoms in total. The molecule has 5 heteroatoms. The Kier molecular flexibility index (Phi) is 3.59. The molecule has 0 unspecified atom stereocenters. The van der Waals surface area contributed by atoms with Gasteiger partial charge in [0.2, 0.25) is 0 Å². The van der Waals surface area contributed by atoms with E-state index in [1.807, 2.05) is 0 Å². The van der Waals surface area contributed by atoms with Gasteiger partial charge >= 0.3 is 0 Å². The van der Waals surface area contributed by atoms with Gasteiger partial charge in [-0.15, -0.1) is 11.3 Å². The molecule has 0 aliphatic rings. The molecule has 2 rings (SSSR count). The second-order valence-electron chi connectivity index (χ2n) is 3.21. The zero-order valence-corrected chi connectivity index (χ0v) is 10.4. The van der Waals surface area contributed by atoms with E-state index in [9.17, 15) is 4.79 Å². The number of carbonyl (C=O) groups is 1. The Morgan fingerprint density at radius 3 is 2.81 bits per heavy atom. The Bertz CT molecular complexity index is 511. The van der Waals surface area contributed by atoms with Crippen LogP contribution in [0, 0.1) is 0 Å². The molecule has 82 valence electrons. The lowest BCUT2D eigenvalue weighted by molar-refractivity contribution is 0.0989. The molecule has 0 saturated heterocycles. The van der Waals surface area contributed by atoms with Crippen molar-refractivity contribution in [2.45, 2.75) is 6.42 Å². The molecule has 2 aromatic rings. The van der Waals surface area contributed by atoms with Crippen LogP contribution in [-0.2, 0) is 6.42 Å². The van der Waals surface area contributed by atoms with Gasteiger partial charge in [0.05, 0.1) is 5.51 Å². The lowest BCUT2D eigenvalue weighted by Crippen LogP contribution is -2.04. The fourth-order valence-corrected chi connectivity index (χ4v) is 2.31. The van der Waals surface area contributed by atoms with Gasteiger partial charge < -0.3 is 0 Å². The third kappa shape index (κ3) is 2.61. The first-order chi connectivity index (χ1) is 7.66. The van der Waals surface area contributed by atoms with Crippen molar-refractivity contribution in [2.24, 2.45) is 0 Å². The van der Waals surface area contributed by atoms with Gasteiger partial charge in [-0.25, -0.2) is 4.98 Å². The molecule has 0 radical (unpaired) electrons. The highest BCUT2D eigenvalue weighted by molar-refractivity contribution is 7.07. The summed E-state index contributed by atoms with van der Waals surface area (Å²) in [4.78, 5) is 15.7. The second-order valence-corrected chi connectivity index (χ2v) is 4.77. The number of carbonyl (C=O) groups excluding carboxylic acids is 1. The van der Waals surface area contributed by atoms with Crippen LogP contribution < -0.4 is 0 Å². The van der Waals surface area contributed by atoms with E-state index in [1.54, 1.807) is 29.1 Å². The van der Waals surface area contributed by atoms with Crippen molar-refractivity contribution in [3.63, 3.8) is 0 Å². The number of ketones is 1. The molecule has 0 N–H and O–H groups in total. The standard InChI is InChI=1S/C11H7Cl2NOS/c12-8-2-1-7(9(13)4-8)3-11(15)10-5-16-6-14-10/h1-2,4-6H,3H2. The maximum Gasteiger partial charge on any atom is 0.186 e. The van der Waals surface area contributed by atoms with Gasteiger partial charge in [-0.3, -0.25) is 4.79 Å². The van der Waals surface area contributed by atoms with Gasteiger partial charge in [-0.1, -0.05) is 29.3 Å². The quantitative estimate of drug-likeness (QED) is 0.794. The number of aromatic nitrogens is 1. The summed E-state index contributed by atoms with van der Waals surface area (Å²) in [6.07, 6.45) is 0.250. The van der Waals surface area contributed by atoms with E-state index in [4.69, 9.17) is 23.2 Å². The van der Waals surface area contributed by atoms with Gasteiger partial charge in [-0.05, 0) is 17.7 Å². The Balaban J connectivity index is 2.18. The molecule has 0 atom stereocenters. The number of benzene rings is 1. The highest BCUT2D eigenvalue weighted by Crippen LogP contribution is 2.22. The summed E-state index contributed by atoms with van der Waals surface area (Å²) in [5.74, 6) is -0.0366. The lowest BCUT2D eigenvalue weighted by atomic mass is 10.1. The van der Waals surface area contributed by atoms with Crippen LogP contribution in [0.5, 0.6) is 0 Å². The van der Waals surface area contributed by atoms with Crippen molar-refractivity contribution in [1.29, 1.82) is 0 Å². The average Bonchev–Trinajstić information content (AvgIpc) is 2.75. The molecule has 1 heterocycles. The summed E-state index contributed by atoms with van der Waals surface area (Å²) in [7, 11) is 0. The minimum atomic E-state index is -0.0366. The van der Waals surface area contributed by atoms with Crippen molar-refractivity contribution < 1.29 is 4.79 Å². The van der Waals surface area contributed by atoms with Crippen LogP contribution in [0.4, 0.5) is 0 Å². The fourth-order valence-electron chi connectivity index (χ4n) is 1.28. The zero-order valence-electron chi connectivity index (χ0n) is 8.11. The highest BCUT2D eigenvalue weighted by Gasteiger charge is 2.11. The molecule has 0 fully saturated rings. The third-order valence-electron chi connectivity index (χ3n) is 2.08. The number of Topliss-reactive ketones (excluding diaryl/α,β-unsaturated/α-hetero) is 1. The van der Waals surface area contributed by atoms with Crippen LogP contribution in [0.2, 0.25) is 10.0 Å². The summed E-state index contributed by atoms with van der Waals surface area (Å²) < 4.78 is 0. The number of thiazole rings is 1.